The van der Waals surface area contributed by atoms with Crippen LogP contribution in [-0.4, -0.2) is 40.9 Å². The Morgan fingerprint density at radius 1 is 1.03 bits per heavy atom. The number of hydrogen-bond donors (Lipinski definition) is 0. The van der Waals surface area contributed by atoms with Gasteiger partial charge in [-0.25, -0.2) is 9.13 Å². The summed E-state index contributed by atoms with van der Waals surface area (Å²) < 4.78 is 4.86. The lowest BCUT2D eigenvalue weighted by atomic mass is 9.81. The maximum atomic E-state index is 13.7. The summed E-state index contributed by atoms with van der Waals surface area (Å²) in [4.78, 5) is 31.0. The Kier molecular flexibility index (Phi) is 6.75. The van der Waals surface area contributed by atoms with Crippen molar-refractivity contribution in [2.45, 2.75) is 38.0 Å². The third-order valence-corrected chi connectivity index (χ3v) is 8.42. The van der Waals surface area contributed by atoms with Gasteiger partial charge in [0.2, 0.25) is 12.1 Å². The van der Waals surface area contributed by atoms with E-state index in [1.165, 1.54) is 11.3 Å². The molecule has 4 aromatic rings. The van der Waals surface area contributed by atoms with Gasteiger partial charge in [-0.3, -0.25) is 9.59 Å². The molecule has 0 aliphatic carbocycles. The normalized spacial score (nSPS) is 20.0. The van der Waals surface area contributed by atoms with E-state index in [0.717, 1.165) is 28.5 Å². The summed E-state index contributed by atoms with van der Waals surface area (Å²) in [6.45, 7) is 3.46. The number of imidazole rings is 1. The average molecular weight is 624 g/mol. The van der Waals surface area contributed by atoms with Gasteiger partial charge in [0.05, 0.1) is 0 Å². The van der Waals surface area contributed by atoms with E-state index in [0.29, 0.717) is 5.56 Å². The summed E-state index contributed by atoms with van der Waals surface area (Å²) in [5.74, 6) is 0.123. The smallest absolute Gasteiger partial charge is 0.266 e. The van der Waals surface area contributed by atoms with Gasteiger partial charge in [0, 0.05) is 34.7 Å². The van der Waals surface area contributed by atoms with Crippen LogP contribution in [-0.2, 0) is 23.3 Å². The minimum Gasteiger partial charge on any atom is -1.00 e. The largest absolute Gasteiger partial charge is 1.00 e. The highest BCUT2D eigenvalue weighted by Gasteiger charge is 2.54. The summed E-state index contributed by atoms with van der Waals surface area (Å²) in [5, 5.41) is 0. The molecule has 0 saturated carbocycles. The minimum absolute atomic E-state index is 0. The molecule has 2 aliphatic heterocycles. The average Bonchev–Trinajstić information content (AvgIpc) is 3.48. The Morgan fingerprint density at radius 3 is 2.51 bits per heavy atom. The topological polar surface area (TPSA) is 49.4 Å². The molecule has 6 rings (SSSR count). The number of aromatic nitrogens is 2. The predicted octanol–water partition coefficient (Wildman–Crippen LogP) is 1.54. The Bertz CT molecular complexity index is 1500. The fourth-order valence-electron chi connectivity index (χ4n) is 6.13. The molecule has 1 saturated heterocycles. The predicted molar refractivity (Wildman–Crippen MR) is 143 cm³/mol. The number of rotatable bonds is 5. The third kappa shape index (κ3) is 4.20. The highest BCUT2D eigenvalue weighted by molar-refractivity contribution is 9.10. The van der Waals surface area contributed by atoms with Crippen LogP contribution in [0.5, 0.6) is 0 Å². The molecule has 6 nitrogen and oxygen atoms in total. The number of Topliss-reactive ketones (excluding diaryl/α,β-unsaturated/α-hetero) is 1. The van der Waals surface area contributed by atoms with Crippen LogP contribution in [0.25, 0.3) is 11.0 Å². The lowest BCUT2D eigenvalue weighted by molar-refractivity contribution is -0.657. The van der Waals surface area contributed by atoms with Gasteiger partial charge in [0.25, 0.3) is 5.91 Å². The van der Waals surface area contributed by atoms with Gasteiger partial charge < -0.3 is 26.8 Å². The summed E-state index contributed by atoms with van der Waals surface area (Å²) >= 11 is 3.42. The molecule has 0 radical (unpaired) electrons. The van der Waals surface area contributed by atoms with Crippen molar-refractivity contribution in [3.63, 3.8) is 0 Å². The lowest BCUT2D eigenvalue weighted by Gasteiger charge is -2.34. The molecule has 3 aromatic carbocycles. The van der Waals surface area contributed by atoms with Gasteiger partial charge in [0.1, 0.15) is 6.17 Å². The van der Waals surface area contributed by atoms with Crippen molar-refractivity contribution in [2.75, 3.05) is 18.5 Å². The molecule has 1 amide bonds. The Balaban J connectivity index is 0.00000280. The van der Waals surface area contributed by atoms with Gasteiger partial charge in [-0.2, -0.15) is 0 Å². The van der Waals surface area contributed by atoms with Crippen LogP contribution in [0.2, 0.25) is 0 Å². The van der Waals surface area contributed by atoms with Crippen molar-refractivity contribution < 1.29 is 31.1 Å². The second-order valence-corrected chi connectivity index (χ2v) is 11.0. The highest BCUT2D eigenvalue weighted by atomic mass is 79.9. The standard InChI is InChI=1S/C29H28BrN4O2.BrH/c1-29-15-16-34(28(29)31(2)23-8-4-3-7-22(23)29)27(36)18-33-19-32(24-9-5-6-10-25(24)33)17-26(35)20-11-13-21(30)14-12-20;/h3-14,19,28H,15-18H2,1-2H3;1H/q+1;/p-1. The number of likely N-dealkylation sites (N-methyl/N-ethyl adjacent to an activating group) is 1. The molecule has 0 spiro atoms. The van der Waals surface area contributed by atoms with Gasteiger partial charge in [0.15, 0.2) is 24.1 Å². The van der Waals surface area contributed by atoms with E-state index < -0.39 is 0 Å². The summed E-state index contributed by atoms with van der Waals surface area (Å²) in [6.07, 6.45) is 2.86. The fourth-order valence-corrected chi connectivity index (χ4v) is 6.39. The monoisotopic (exact) mass is 622 g/mol. The Labute approximate surface area is 235 Å². The zero-order valence-electron chi connectivity index (χ0n) is 20.8. The molecule has 0 bridgehead atoms. The van der Waals surface area contributed by atoms with Gasteiger partial charge in [-0.15, -0.1) is 0 Å². The molecule has 2 unspecified atom stereocenters. The molecule has 190 valence electrons. The SMILES string of the molecule is CN1c2ccccc2C2(C)CCN(C(=O)Cn3c[n+](CC(=O)c4ccc(Br)cc4)c4ccccc43)C12.[Br-]. The van der Waals surface area contributed by atoms with Crippen LogP contribution in [0, 0.1) is 0 Å². The third-order valence-electron chi connectivity index (χ3n) is 7.89. The van der Waals surface area contributed by atoms with E-state index in [1.807, 2.05) is 68.9 Å². The van der Waals surface area contributed by atoms with Crippen molar-refractivity contribution in [1.82, 2.24) is 9.47 Å². The molecule has 1 fully saturated rings. The van der Waals surface area contributed by atoms with E-state index in [2.05, 4.69) is 59.1 Å². The van der Waals surface area contributed by atoms with Crippen molar-refractivity contribution in [3.05, 3.63) is 94.7 Å². The summed E-state index contributed by atoms with van der Waals surface area (Å²) in [6, 6.07) is 23.9. The lowest BCUT2D eigenvalue weighted by Crippen LogP contribution is -3.00. The summed E-state index contributed by atoms with van der Waals surface area (Å²) in [5.41, 5.74) is 5.00. The van der Waals surface area contributed by atoms with E-state index in [4.69, 9.17) is 0 Å². The molecule has 0 N–H and O–H groups in total. The van der Waals surface area contributed by atoms with Crippen LogP contribution in [0.15, 0.2) is 83.6 Å². The van der Waals surface area contributed by atoms with Gasteiger partial charge in [-0.1, -0.05) is 65.3 Å². The first-order valence-corrected chi connectivity index (χ1v) is 13.0. The van der Waals surface area contributed by atoms with Crippen LogP contribution in [0.3, 0.4) is 0 Å². The Morgan fingerprint density at radius 2 is 1.73 bits per heavy atom. The number of halogens is 2. The van der Waals surface area contributed by atoms with E-state index in [9.17, 15) is 9.59 Å². The summed E-state index contributed by atoms with van der Waals surface area (Å²) in [7, 11) is 2.09. The van der Waals surface area contributed by atoms with Gasteiger partial charge in [-0.05, 0) is 42.3 Å². The number of fused-ring (bicyclic) bond motifs is 4. The van der Waals surface area contributed by atoms with Crippen molar-refractivity contribution in [1.29, 1.82) is 0 Å². The molecule has 2 atom stereocenters. The van der Waals surface area contributed by atoms with Crippen LogP contribution in [0.1, 0.15) is 29.3 Å². The number of carbonyl (C=O) groups excluding carboxylic acids is 2. The second kappa shape index (κ2) is 9.72. The van der Waals surface area contributed by atoms with Crippen LogP contribution in [0.4, 0.5) is 5.69 Å². The number of nitrogens with zero attached hydrogens (tertiary/aromatic N) is 4. The first-order valence-electron chi connectivity index (χ1n) is 12.2. The molecule has 3 heterocycles. The Hall–Kier alpha value is -2.97. The first kappa shape index (κ1) is 25.7. The second-order valence-electron chi connectivity index (χ2n) is 10.0. The first-order chi connectivity index (χ1) is 17.4. The number of hydrogen-bond acceptors (Lipinski definition) is 3. The number of likely N-dealkylation sites (tertiary alicyclic amines) is 1. The van der Waals surface area contributed by atoms with Crippen molar-refractivity contribution in [2.24, 2.45) is 0 Å². The van der Waals surface area contributed by atoms with Crippen molar-refractivity contribution in [3.8, 4) is 0 Å². The maximum Gasteiger partial charge on any atom is 0.266 e. The molecule has 37 heavy (non-hydrogen) atoms. The highest BCUT2D eigenvalue weighted by Crippen LogP contribution is 2.51. The molecular weight excluding hydrogens is 596 g/mol. The minimum atomic E-state index is -0.0727. The quantitative estimate of drug-likeness (QED) is 0.250. The van der Waals surface area contributed by atoms with E-state index in [1.54, 1.807) is 0 Å². The van der Waals surface area contributed by atoms with E-state index in [-0.39, 0.29) is 53.3 Å². The number of benzene rings is 3. The number of ketones is 1. The van der Waals surface area contributed by atoms with E-state index >= 15 is 0 Å². The molecule has 8 heteroatoms. The number of para-hydroxylation sites is 3. The molecule has 2 aliphatic rings. The number of amides is 1. The zero-order valence-corrected chi connectivity index (χ0v) is 23.9. The maximum absolute atomic E-state index is 13.7. The molecular formula is C29H28Br2N4O2. The van der Waals surface area contributed by atoms with Crippen molar-refractivity contribution >= 4 is 44.3 Å². The molecule has 1 aromatic heterocycles. The van der Waals surface area contributed by atoms with Gasteiger partial charge >= 0.3 is 0 Å². The number of anilines is 1. The van der Waals surface area contributed by atoms with Crippen LogP contribution < -0.4 is 26.4 Å². The zero-order chi connectivity index (χ0) is 25.0. The van der Waals surface area contributed by atoms with Crippen LogP contribution >= 0.6 is 15.9 Å². The number of carbonyl (C=O) groups is 2. The fraction of sp³-hybridized carbons (Fsp3) is 0.276.